The zero-order valence-corrected chi connectivity index (χ0v) is 10.5. The fourth-order valence-electron chi connectivity index (χ4n) is 2.66. The first-order chi connectivity index (χ1) is 8.15. The highest BCUT2D eigenvalue weighted by molar-refractivity contribution is 6.32. The second-order valence-electron chi connectivity index (χ2n) is 4.94. The molecule has 1 atom stereocenters. The van der Waals surface area contributed by atoms with E-state index in [1.54, 1.807) is 0 Å². The fourth-order valence-corrected chi connectivity index (χ4v) is 3.00. The van der Waals surface area contributed by atoms with E-state index in [2.05, 4.69) is 18.0 Å². The molecular formula is C14H15ClN2. The van der Waals surface area contributed by atoms with Crippen LogP contribution in [-0.4, -0.2) is 11.0 Å². The Bertz CT molecular complexity index is 573. The fraction of sp³-hybridized carbons (Fsp3) is 0.357. The molecule has 1 fully saturated rings. The summed E-state index contributed by atoms with van der Waals surface area (Å²) in [6, 6.07) is 8.12. The Hall–Kier alpha value is -1.12. The van der Waals surface area contributed by atoms with E-state index in [9.17, 15) is 0 Å². The summed E-state index contributed by atoms with van der Waals surface area (Å²) >= 11 is 6.38. The predicted octanol–water partition coefficient (Wildman–Crippen LogP) is 3.27. The monoisotopic (exact) mass is 246 g/mol. The molecular weight excluding hydrogens is 232 g/mol. The predicted molar refractivity (Wildman–Crippen MR) is 71.3 cm³/mol. The molecule has 0 spiro atoms. The van der Waals surface area contributed by atoms with Gasteiger partial charge in [0.15, 0.2) is 0 Å². The van der Waals surface area contributed by atoms with Gasteiger partial charge in [0.25, 0.3) is 0 Å². The zero-order valence-electron chi connectivity index (χ0n) is 9.78. The topological polar surface area (TPSA) is 38.9 Å². The number of nitrogens with zero attached hydrogens (tertiary/aromatic N) is 1. The number of fused-ring (bicyclic) bond motifs is 1. The van der Waals surface area contributed by atoms with Crippen molar-refractivity contribution in [2.75, 3.05) is 0 Å². The van der Waals surface area contributed by atoms with Gasteiger partial charge >= 0.3 is 0 Å². The van der Waals surface area contributed by atoms with E-state index >= 15 is 0 Å². The first kappa shape index (κ1) is 11.0. The largest absolute Gasteiger partial charge is 0.327 e. The van der Waals surface area contributed by atoms with Crippen LogP contribution in [-0.2, 0) is 5.41 Å². The SMILES string of the molecule is CC(N)C1(c2c(Cl)ccc3cccnc23)CC1. The molecule has 0 bridgehead atoms. The van der Waals surface area contributed by atoms with Crippen LogP contribution in [0.2, 0.25) is 5.02 Å². The van der Waals surface area contributed by atoms with Crippen molar-refractivity contribution in [3.8, 4) is 0 Å². The van der Waals surface area contributed by atoms with Gasteiger partial charge in [0.05, 0.1) is 5.52 Å². The summed E-state index contributed by atoms with van der Waals surface area (Å²) in [7, 11) is 0. The van der Waals surface area contributed by atoms with Gasteiger partial charge in [-0.2, -0.15) is 0 Å². The van der Waals surface area contributed by atoms with Crippen molar-refractivity contribution in [1.82, 2.24) is 4.98 Å². The van der Waals surface area contributed by atoms with Crippen molar-refractivity contribution >= 4 is 22.5 Å². The third-order valence-electron chi connectivity index (χ3n) is 3.88. The van der Waals surface area contributed by atoms with Gasteiger partial charge in [-0.25, -0.2) is 0 Å². The molecule has 2 aromatic rings. The van der Waals surface area contributed by atoms with E-state index in [0.29, 0.717) is 0 Å². The maximum atomic E-state index is 6.38. The highest BCUT2D eigenvalue weighted by atomic mass is 35.5. The Morgan fingerprint density at radius 1 is 1.35 bits per heavy atom. The molecule has 2 N–H and O–H groups in total. The molecule has 17 heavy (non-hydrogen) atoms. The van der Waals surface area contributed by atoms with Gasteiger partial charge in [-0.3, -0.25) is 4.98 Å². The van der Waals surface area contributed by atoms with Gasteiger partial charge in [0, 0.05) is 33.6 Å². The molecule has 3 heteroatoms. The highest BCUT2D eigenvalue weighted by Gasteiger charge is 2.49. The number of benzene rings is 1. The molecule has 88 valence electrons. The van der Waals surface area contributed by atoms with Gasteiger partial charge in [-0.05, 0) is 31.9 Å². The molecule has 1 aromatic heterocycles. The third kappa shape index (κ3) is 1.55. The lowest BCUT2D eigenvalue weighted by molar-refractivity contribution is 0.560. The highest BCUT2D eigenvalue weighted by Crippen LogP contribution is 2.54. The molecule has 1 aromatic carbocycles. The smallest absolute Gasteiger partial charge is 0.0755 e. The molecule has 1 saturated carbocycles. The van der Waals surface area contributed by atoms with Crippen LogP contribution in [0.5, 0.6) is 0 Å². The van der Waals surface area contributed by atoms with Gasteiger partial charge in [0.2, 0.25) is 0 Å². The maximum Gasteiger partial charge on any atom is 0.0755 e. The zero-order chi connectivity index (χ0) is 12.0. The third-order valence-corrected chi connectivity index (χ3v) is 4.20. The first-order valence-corrected chi connectivity index (χ1v) is 6.32. The first-order valence-electron chi connectivity index (χ1n) is 5.94. The maximum absolute atomic E-state index is 6.38. The minimum absolute atomic E-state index is 0.0466. The molecule has 1 heterocycles. The Kier molecular flexibility index (Phi) is 2.39. The van der Waals surface area contributed by atoms with Crippen LogP contribution in [0.4, 0.5) is 0 Å². The summed E-state index contributed by atoms with van der Waals surface area (Å²) in [5.41, 5.74) is 8.34. The molecule has 0 aliphatic heterocycles. The number of pyridine rings is 1. The van der Waals surface area contributed by atoms with Gasteiger partial charge in [-0.15, -0.1) is 0 Å². The molecule has 1 aliphatic carbocycles. The minimum Gasteiger partial charge on any atom is -0.327 e. The summed E-state index contributed by atoms with van der Waals surface area (Å²) in [6.45, 7) is 2.06. The van der Waals surface area contributed by atoms with Crippen molar-refractivity contribution in [2.45, 2.75) is 31.2 Å². The molecule has 0 radical (unpaired) electrons. The summed E-state index contributed by atoms with van der Waals surface area (Å²) < 4.78 is 0. The molecule has 2 nitrogen and oxygen atoms in total. The van der Waals surface area contributed by atoms with Crippen LogP contribution in [0.25, 0.3) is 10.9 Å². The normalized spacial score (nSPS) is 19.2. The second kappa shape index (κ2) is 3.69. The Morgan fingerprint density at radius 2 is 2.12 bits per heavy atom. The van der Waals surface area contributed by atoms with Gasteiger partial charge in [0.1, 0.15) is 0 Å². The Labute approximate surface area is 106 Å². The van der Waals surface area contributed by atoms with Crippen LogP contribution in [0, 0.1) is 0 Å². The van der Waals surface area contributed by atoms with E-state index in [1.807, 2.05) is 24.4 Å². The summed E-state index contributed by atoms with van der Waals surface area (Å²) in [6.07, 6.45) is 4.04. The number of hydrogen-bond donors (Lipinski definition) is 1. The van der Waals surface area contributed by atoms with Crippen LogP contribution in [0.3, 0.4) is 0 Å². The summed E-state index contributed by atoms with van der Waals surface area (Å²) in [5, 5.41) is 1.94. The van der Waals surface area contributed by atoms with E-state index in [0.717, 1.165) is 34.3 Å². The average Bonchev–Trinajstić information content (AvgIpc) is 3.10. The van der Waals surface area contributed by atoms with Crippen molar-refractivity contribution in [1.29, 1.82) is 0 Å². The summed E-state index contributed by atoms with van der Waals surface area (Å²) in [5.74, 6) is 0. The van der Waals surface area contributed by atoms with Crippen LogP contribution in [0.15, 0.2) is 30.5 Å². The van der Waals surface area contributed by atoms with Crippen molar-refractivity contribution in [3.05, 3.63) is 41.0 Å². The average molecular weight is 247 g/mol. The van der Waals surface area contributed by atoms with Crippen LogP contribution >= 0.6 is 11.6 Å². The molecule has 1 aliphatic rings. The molecule has 0 saturated heterocycles. The number of nitrogens with two attached hydrogens (primary N) is 1. The van der Waals surface area contributed by atoms with Crippen molar-refractivity contribution < 1.29 is 0 Å². The molecule has 3 rings (SSSR count). The Morgan fingerprint density at radius 3 is 2.76 bits per heavy atom. The van der Waals surface area contributed by atoms with E-state index in [4.69, 9.17) is 17.3 Å². The minimum atomic E-state index is 0.0466. The van der Waals surface area contributed by atoms with Gasteiger partial charge < -0.3 is 5.73 Å². The van der Waals surface area contributed by atoms with Crippen LogP contribution < -0.4 is 5.73 Å². The molecule has 1 unspecified atom stereocenters. The Balaban J connectivity index is 2.32. The number of halogens is 1. The van der Waals surface area contributed by atoms with E-state index < -0.39 is 0 Å². The van der Waals surface area contributed by atoms with E-state index in [1.165, 1.54) is 0 Å². The lowest BCUT2D eigenvalue weighted by atomic mass is 9.87. The van der Waals surface area contributed by atoms with E-state index in [-0.39, 0.29) is 11.5 Å². The van der Waals surface area contributed by atoms with Crippen molar-refractivity contribution in [2.24, 2.45) is 5.73 Å². The lowest BCUT2D eigenvalue weighted by Gasteiger charge is -2.22. The summed E-state index contributed by atoms with van der Waals surface area (Å²) in [4.78, 5) is 4.49. The second-order valence-corrected chi connectivity index (χ2v) is 5.35. The quantitative estimate of drug-likeness (QED) is 0.883. The molecule has 0 amide bonds. The standard InChI is InChI=1S/C14H15ClN2/c1-9(16)14(6-7-14)12-11(15)5-4-10-3-2-8-17-13(10)12/h2-5,8-9H,6-7,16H2,1H3. The van der Waals surface area contributed by atoms with Crippen molar-refractivity contribution in [3.63, 3.8) is 0 Å². The lowest BCUT2D eigenvalue weighted by Crippen LogP contribution is -2.32. The van der Waals surface area contributed by atoms with Crippen LogP contribution in [0.1, 0.15) is 25.3 Å². The number of hydrogen-bond acceptors (Lipinski definition) is 2. The number of aromatic nitrogens is 1. The number of rotatable bonds is 2. The van der Waals surface area contributed by atoms with Gasteiger partial charge in [-0.1, -0.05) is 23.7 Å².